The second kappa shape index (κ2) is 11.5. The van der Waals surface area contributed by atoms with Crippen molar-refractivity contribution in [3.05, 3.63) is 52.2 Å². The number of benzene rings is 1. The third kappa shape index (κ3) is 6.41. The molecule has 10 nitrogen and oxygen atoms in total. The first-order valence-electron chi connectivity index (χ1n) is 13.2. The molecule has 4 heterocycles. The molecule has 0 aliphatic carbocycles. The van der Waals surface area contributed by atoms with E-state index in [0.717, 1.165) is 56.4 Å². The summed E-state index contributed by atoms with van der Waals surface area (Å²) in [6.45, 7) is 9.27. The molecule has 40 heavy (non-hydrogen) atoms. The fraction of sp³-hybridized carbons (Fsp3) is 0.462. The van der Waals surface area contributed by atoms with E-state index in [9.17, 15) is 18.0 Å². The number of carbonyl (C=O) groups excluding carboxylic acids is 1. The van der Waals surface area contributed by atoms with Gasteiger partial charge in [0.15, 0.2) is 5.82 Å². The minimum atomic E-state index is -4.64. The lowest BCUT2D eigenvalue weighted by Crippen LogP contribution is -2.46. The molecule has 1 aromatic carbocycles. The van der Waals surface area contributed by atoms with Crippen LogP contribution in [0.4, 0.5) is 36.6 Å². The number of hydrogen-bond acceptors (Lipinski definition) is 8. The Morgan fingerprint density at radius 1 is 1.10 bits per heavy atom. The lowest BCUT2D eigenvalue weighted by molar-refractivity contribution is -0.137. The highest BCUT2D eigenvalue weighted by molar-refractivity contribution is 6.31. The maximum absolute atomic E-state index is 13.3. The molecule has 2 aliphatic heterocycles. The van der Waals surface area contributed by atoms with E-state index in [1.54, 1.807) is 0 Å². The van der Waals surface area contributed by atoms with Gasteiger partial charge in [0, 0.05) is 68.7 Å². The number of H-pyrrole nitrogens is 1. The van der Waals surface area contributed by atoms with Crippen molar-refractivity contribution in [3.8, 4) is 0 Å². The minimum Gasteiger partial charge on any atom is -0.354 e. The van der Waals surface area contributed by atoms with Gasteiger partial charge in [-0.1, -0.05) is 18.5 Å². The van der Waals surface area contributed by atoms with Crippen molar-refractivity contribution in [2.45, 2.75) is 32.5 Å². The Kier molecular flexibility index (Phi) is 8.04. The number of nitrogens with zero attached hydrogens (tertiary/aromatic N) is 6. The average Bonchev–Trinajstić information content (AvgIpc) is 3.56. The summed E-state index contributed by atoms with van der Waals surface area (Å²) in [5.41, 5.74) is -0.168. The van der Waals surface area contributed by atoms with Crippen LogP contribution in [-0.4, -0.2) is 87.7 Å². The molecule has 5 rings (SSSR count). The minimum absolute atomic E-state index is 0.0531. The summed E-state index contributed by atoms with van der Waals surface area (Å²) in [5, 5.41) is 13.2. The van der Waals surface area contributed by atoms with Gasteiger partial charge in [-0.05, 0) is 38.1 Å². The van der Waals surface area contributed by atoms with Gasteiger partial charge in [0.05, 0.1) is 10.6 Å². The Hall–Kier alpha value is -3.58. The highest BCUT2D eigenvalue weighted by Gasteiger charge is 2.35. The van der Waals surface area contributed by atoms with Gasteiger partial charge in [-0.2, -0.15) is 28.2 Å². The number of alkyl halides is 3. The molecule has 1 amide bonds. The number of anilines is 4. The number of carbonyl (C=O) groups is 1. The van der Waals surface area contributed by atoms with Crippen molar-refractivity contribution in [1.29, 1.82) is 0 Å². The van der Waals surface area contributed by atoms with E-state index in [1.165, 1.54) is 11.0 Å². The Balaban J connectivity index is 1.31. The van der Waals surface area contributed by atoms with Crippen LogP contribution in [0.25, 0.3) is 0 Å². The van der Waals surface area contributed by atoms with Crippen LogP contribution in [0.15, 0.2) is 30.3 Å². The van der Waals surface area contributed by atoms with E-state index in [-0.39, 0.29) is 11.6 Å². The summed E-state index contributed by atoms with van der Waals surface area (Å²) < 4.78 is 39.9. The molecule has 0 spiro atoms. The van der Waals surface area contributed by atoms with Crippen LogP contribution in [0.5, 0.6) is 0 Å². The third-order valence-electron chi connectivity index (χ3n) is 7.15. The molecule has 1 atom stereocenters. The topological polar surface area (TPSA) is 105 Å². The predicted octanol–water partition coefficient (Wildman–Crippen LogP) is 4.39. The second-order valence-electron chi connectivity index (χ2n) is 9.99. The highest BCUT2D eigenvalue weighted by Crippen LogP contribution is 2.35. The van der Waals surface area contributed by atoms with Gasteiger partial charge in [0.1, 0.15) is 11.6 Å². The predicted molar refractivity (Wildman–Crippen MR) is 147 cm³/mol. The number of nitrogens with one attached hydrogen (secondary N) is 3. The Morgan fingerprint density at radius 2 is 1.88 bits per heavy atom. The van der Waals surface area contributed by atoms with Crippen molar-refractivity contribution in [1.82, 2.24) is 30.0 Å². The zero-order valence-corrected chi connectivity index (χ0v) is 23.0. The van der Waals surface area contributed by atoms with Crippen LogP contribution in [0.2, 0.25) is 5.02 Å². The number of likely N-dealkylation sites (N-methyl/N-ethyl adjacent to an activating group) is 1. The van der Waals surface area contributed by atoms with Gasteiger partial charge < -0.3 is 25.3 Å². The summed E-state index contributed by atoms with van der Waals surface area (Å²) >= 11 is 5.72. The van der Waals surface area contributed by atoms with Crippen LogP contribution in [0, 0.1) is 6.92 Å². The fourth-order valence-corrected chi connectivity index (χ4v) is 5.16. The molecule has 0 radical (unpaired) electrons. The number of amides is 1. The number of aryl methyl sites for hydroxylation is 1. The van der Waals surface area contributed by atoms with E-state index >= 15 is 0 Å². The first kappa shape index (κ1) is 28.0. The Morgan fingerprint density at radius 3 is 2.55 bits per heavy atom. The average molecular weight is 578 g/mol. The van der Waals surface area contributed by atoms with Gasteiger partial charge in [-0.15, -0.1) is 0 Å². The molecule has 2 aliphatic rings. The molecule has 3 N–H and O–H groups in total. The standard InChI is InChI=1S/C26H31ClF3N9O/c1-3-37-8-10-38(11-9-37)23-14-21(32-22-12-16(2)35-36-22)33-25(34-23)31-18-6-7-39(15-18)24(40)17-4-5-20(27)19(13-17)26(28,29)30/h4-5,12-14,18H,3,6-11,15H2,1-2H3,(H3,31,32,33,34,35,36)/t18-/m0/s1. The summed E-state index contributed by atoms with van der Waals surface area (Å²) in [5.74, 6) is 1.89. The summed E-state index contributed by atoms with van der Waals surface area (Å²) in [7, 11) is 0. The van der Waals surface area contributed by atoms with E-state index < -0.39 is 22.7 Å². The number of rotatable bonds is 7. The van der Waals surface area contributed by atoms with Crippen LogP contribution in [0.3, 0.4) is 0 Å². The van der Waals surface area contributed by atoms with E-state index in [4.69, 9.17) is 16.6 Å². The number of aromatic amines is 1. The second-order valence-corrected chi connectivity index (χ2v) is 10.4. The molecule has 0 bridgehead atoms. The summed E-state index contributed by atoms with van der Waals surface area (Å²) in [6.07, 6.45) is -4.05. The van der Waals surface area contributed by atoms with Crippen molar-refractivity contribution < 1.29 is 18.0 Å². The lowest BCUT2D eigenvalue weighted by atomic mass is 10.1. The maximum atomic E-state index is 13.3. The monoisotopic (exact) mass is 577 g/mol. The number of halogens is 4. The quantitative estimate of drug-likeness (QED) is 0.380. The van der Waals surface area contributed by atoms with Crippen molar-refractivity contribution in [2.24, 2.45) is 0 Å². The fourth-order valence-electron chi connectivity index (χ4n) is 4.93. The zero-order valence-electron chi connectivity index (χ0n) is 22.2. The van der Waals surface area contributed by atoms with Gasteiger partial charge in [-0.3, -0.25) is 9.89 Å². The normalized spacial score (nSPS) is 18.3. The van der Waals surface area contributed by atoms with Crippen LogP contribution in [0.1, 0.15) is 35.0 Å². The van der Waals surface area contributed by atoms with Crippen molar-refractivity contribution in [2.75, 3.05) is 61.3 Å². The maximum Gasteiger partial charge on any atom is 0.417 e. The van der Waals surface area contributed by atoms with Gasteiger partial charge in [0.25, 0.3) is 5.91 Å². The molecule has 2 saturated heterocycles. The molecule has 2 aromatic heterocycles. The van der Waals surface area contributed by atoms with Crippen LogP contribution >= 0.6 is 11.6 Å². The lowest BCUT2D eigenvalue weighted by Gasteiger charge is -2.35. The molecular formula is C26H31ClF3N9O. The number of likely N-dealkylation sites (tertiary alicyclic amines) is 1. The van der Waals surface area contributed by atoms with E-state index in [2.05, 4.69) is 42.5 Å². The zero-order chi connectivity index (χ0) is 28.4. The molecular weight excluding hydrogens is 547 g/mol. The first-order chi connectivity index (χ1) is 19.1. The Labute approximate surface area is 234 Å². The van der Waals surface area contributed by atoms with Gasteiger partial charge in [0.2, 0.25) is 5.95 Å². The van der Waals surface area contributed by atoms with Gasteiger partial charge >= 0.3 is 6.18 Å². The smallest absolute Gasteiger partial charge is 0.354 e. The largest absolute Gasteiger partial charge is 0.417 e. The molecule has 14 heteroatoms. The molecule has 2 fully saturated rings. The van der Waals surface area contributed by atoms with E-state index in [1.807, 2.05) is 19.1 Å². The first-order valence-corrected chi connectivity index (χ1v) is 13.5. The van der Waals surface area contributed by atoms with Gasteiger partial charge in [-0.25, -0.2) is 0 Å². The number of piperazine rings is 1. The van der Waals surface area contributed by atoms with Crippen LogP contribution in [-0.2, 0) is 6.18 Å². The summed E-state index contributed by atoms with van der Waals surface area (Å²) in [6, 6.07) is 6.83. The number of hydrogen-bond donors (Lipinski definition) is 3. The highest BCUT2D eigenvalue weighted by atomic mass is 35.5. The molecule has 3 aromatic rings. The molecule has 0 unspecified atom stereocenters. The SMILES string of the molecule is CCN1CCN(c2cc(Nc3cc(C)[nH]n3)nc(N[C@H]3CCN(C(=O)c4ccc(Cl)c(C(F)(F)F)c4)C3)n2)CC1. The van der Waals surface area contributed by atoms with Crippen molar-refractivity contribution >= 4 is 40.9 Å². The molecule has 214 valence electrons. The third-order valence-corrected chi connectivity index (χ3v) is 7.48. The Bertz CT molecular complexity index is 1360. The number of aromatic nitrogens is 4. The van der Waals surface area contributed by atoms with E-state index in [0.29, 0.717) is 37.1 Å². The summed E-state index contributed by atoms with van der Waals surface area (Å²) in [4.78, 5) is 28.6. The van der Waals surface area contributed by atoms with Crippen LogP contribution < -0.4 is 15.5 Å². The van der Waals surface area contributed by atoms with Crippen molar-refractivity contribution in [3.63, 3.8) is 0 Å². The molecule has 0 saturated carbocycles.